The number of aryl methyl sites for hydroxylation is 1. The first kappa shape index (κ1) is 10.6. The molecule has 0 aliphatic carbocycles. The summed E-state index contributed by atoms with van der Waals surface area (Å²) in [6.45, 7) is 0. The molecular formula is C11H11N3OS. The van der Waals surface area contributed by atoms with Crippen LogP contribution in [0.25, 0.3) is 0 Å². The molecule has 0 fully saturated rings. The smallest absolute Gasteiger partial charge is 0.281 e. The Morgan fingerprint density at radius 3 is 3.00 bits per heavy atom. The number of nitrogens with one attached hydrogen (secondary N) is 1. The van der Waals surface area contributed by atoms with Crippen LogP contribution in [0.15, 0.2) is 40.9 Å². The highest BCUT2D eigenvalue weighted by Gasteiger charge is 2.03. The molecule has 0 aliphatic rings. The fourth-order valence-electron chi connectivity index (χ4n) is 1.23. The molecule has 0 radical (unpaired) electrons. The van der Waals surface area contributed by atoms with Gasteiger partial charge in [0, 0.05) is 13.2 Å². The number of rotatable bonds is 3. The summed E-state index contributed by atoms with van der Waals surface area (Å²) in [7, 11) is 1.92. The summed E-state index contributed by atoms with van der Waals surface area (Å²) in [4.78, 5) is 12.2. The average molecular weight is 233 g/mol. The van der Waals surface area contributed by atoms with Gasteiger partial charge in [-0.2, -0.15) is 5.10 Å². The normalized spacial score (nSPS) is 10.8. The second kappa shape index (κ2) is 4.76. The summed E-state index contributed by atoms with van der Waals surface area (Å²) in [5, 5.41) is 5.75. The zero-order chi connectivity index (χ0) is 11.4. The third-order valence-corrected chi connectivity index (χ3v) is 2.96. The zero-order valence-corrected chi connectivity index (χ0v) is 9.57. The Hall–Kier alpha value is -1.88. The van der Waals surface area contributed by atoms with Gasteiger partial charge < -0.3 is 4.57 Å². The second-order valence-corrected chi connectivity index (χ2v) is 4.17. The number of amides is 1. The Morgan fingerprint density at radius 2 is 2.38 bits per heavy atom. The van der Waals surface area contributed by atoms with Crippen LogP contribution in [-0.2, 0) is 7.05 Å². The molecule has 0 saturated carbocycles. The number of thiophene rings is 1. The van der Waals surface area contributed by atoms with E-state index in [0.29, 0.717) is 4.88 Å². The third-order valence-electron chi connectivity index (χ3n) is 2.09. The van der Waals surface area contributed by atoms with E-state index in [1.807, 2.05) is 41.4 Å². The van der Waals surface area contributed by atoms with Gasteiger partial charge in [0.15, 0.2) is 0 Å². The summed E-state index contributed by atoms with van der Waals surface area (Å²) in [5.74, 6) is -0.180. The number of hydrogen-bond donors (Lipinski definition) is 1. The van der Waals surface area contributed by atoms with Gasteiger partial charge in [-0.3, -0.25) is 4.79 Å². The number of hydrogen-bond acceptors (Lipinski definition) is 3. The molecule has 2 aromatic heterocycles. The van der Waals surface area contributed by atoms with E-state index in [2.05, 4.69) is 10.5 Å². The Labute approximate surface area is 97.2 Å². The molecule has 2 rings (SSSR count). The number of aromatic nitrogens is 1. The molecule has 5 heteroatoms. The van der Waals surface area contributed by atoms with Gasteiger partial charge >= 0.3 is 0 Å². The van der Waals surface area contributed by atoms with Crippen molar-refractivity contribution in [1.82, 2.24) is 9.99 Å². The van der Waals surface area contributed by atoms with Crippen molar-refractivity contribution >= 4 is 23.5 Å². The van der Waals surface area contributed by atoms with Crippen LogP contribution in [0, 0.1) is 0 Å². The molecule has 0 atom stereocenters. The molecule has 0 saturated heterocycles. The molecule has 0 spiro atoms. The summed E-state index contributed by atoms with van der Waals surface area (Å²) in [6, 6.07) is 7.43. The highest BCUT2D eigenvalue weighted by Crippen LogP contribution is 2.07. The van der Waals surface area contributed by atoms with Crippen molar-refractivity contribution in [2.45, 2.75) is 0 Å². The lowest BCUT2D eigenvalue weighted by Crippen LogP contribution is -2.16. The lowest BCUT2D eigenvalue weighted by Gasteiger charge is -1.96. The Kier molecular flexibility index (Phi) is 3.16. The summed E-state index contributed by atoms with van der Waals surface area (Å²) < 4.78 is 1.92. The van der Waals surface area contributed by atoms with Gasteiger partial charge in [-0.25, -0.2) is 5.43 Å². The number of hydrazone groups is 1. The molecule has 0 unspecified atom stereocenters. The maximum Gasteiger partial charge on any atom is 0.281 e. The number of carbonyl (C=O) groups is 1. The predicted octanol–water partition coefficient (Wildman–Crippen LogP) is 1.85. The molecule has 0 aromatic carbocycles. The first-order chi connectivity index (χ1) is 7.77. The third kappa shape index (κ3) is 2.38. The molecule has 0 bridgehead atoms. The molecule has 4 nitrogen and oxygen atoms in total. The molecule has 16 heavy (non-hydrogen) atoms. The van der Waals surface area contributed by atoms with E-state index >= 15 is 0 Å². The Morgan fingerprint density at radius 1 is 1.50 bits per heavy atom. The van der Waals surface area contributed by atoms with Crippen LogP contribution in [0.5, 0.6) is 0 Å². The van der Waals surface area contributed by atoms with E-state index in [4.69, 9.17) is 0 Å². The SMILES string of the molecule is Cn1cccc1/C=N\NC(=O)c1cccs1. The van der Waals surface area contributed by atoms with Crippen LogP contribution in [-0.4, -0.2) is 16.7 Å². The van der Waals surface area contributed by atoms with Crippen LogP contribution < -0.4 is 5.43 Å². The van der Waals surface area contributed by atoms with Gasteiger partial charge in [0.05, 0.1) is 16.8 Å². The first-order valence-electron chi connectivity index (χ1n) is 4.75. The van der Waals surface area contributed by atoms with Gasteiger partial charge in [0.25, 0.3) is 5.91 Å². The first-order valence-corrected chi connectivity index (χ1v) is 5.63. The van der Waals surface area contributed by atoms with Gasteiger partial charge in [0.2, 0.25) is 0 Å². The quantitative estimate of drug-likeness (QED) is 0.638. The minimum Gasteiger partial charge on any atom is -0.350 e. The van der Waals surface area contributed by atoms with E-state index in [1.165, 1.54) is 11.3 Å². The largest absolute Gasteiger partial charge is 0.350 e. The number of carbonyl (C=O) groups excluding carboxylic acids is 1. The van der Waals surface area contributed by atoms with Crippen LogP contribution in [0.1, 0.15) is 15.4 Å². The van der Waals surface area contributed by atoms with Gasteiger partial charge in [-0.05, 0) is 23.6 Å². The minimum absolute atomic E-state index is 0.180. The van der Waals surface area contributed by atoms with E-state index < -0.39 is 0 Å². The highest BCUT2D eigenvalue weighted by molar-refractivity contribution is 7.12. The summed E-state index contributed by atoms with van der Waals surface area (Å²) in [5.41, 5.74) is 3.41. The van der Waals surface area contributed by atoms with Crippen molar-refractivity contribution in [1.29, 1.82) is 0 Å². The maximum atomic E-state index is 11.5. The van der Waals surface area contributed by atoms with Crippen LogP contribution in [0.4, 0.5) is 0 Å². The predicted molar refractivity (Wildman–Crippen MR) is 64.8 cm³/mol. The van der Waals surface area contributed by atoms with E-state index in [-0.39, 0.29) is 5.91 Å². The van der Waals surface area contributed by atoms with Crippen molar-refractivity contribution in [3.05, 3.63) is 46.4 Å². The lowest BCUT2D eigenvalue weighted by atomic mass is 10.4. The molecule has 2 heterocycles. The minimum atomic E-state index is -0.180. The standard InChI is InChI=1S/C11H11N3OS/c1-14-6-2-4-9(14)8-12-13-11(15)10-5-3-7-16-10/h2-8H,1H3,(H,13,15)/b12-8-. The fourth-order valence-corrected chi connectivity index (χ4v) is 1.84. The molecule has 2 aromatic rings. The molecule has 82 valence electrons. The van der Waals surface area contributed by atoms with Gasteiger partial charge in [-0.1, -0.05) is 6.07 Å². The Balaban J connectivity index is 1.96. The molecular weight excluding hydrogens is 222 g/mol. The van der Waals surface area contributed by atoms with E-state index in [1.54, 1.807) is 12.3 Å². The lowest BCUT2D eigenvalue weighted by molar-refractivity contribution is 0.0959. The average Bonchev–Trinajstić information content (AvgIpc) is 2.90. The fraction of sp³-hybridized carbons (Fsp3) is 0.0909. The van der Waals surface area contributed by atoms with Crippen LogP contribution in [0.2, 0.25) is 0 Å². The van der Waals surface area contributed by atoms with Crippen molar-refractivity contribution in [2.75, 3.05) is 0 Å². The molecule has 0 aliphatic heterocycles. The van der Waals surface area contributed by atoms with Crippen LogP contribution in [0.3, 0.4) is 0 Å². The Bertz CT molecular complexity index is 499. The molecule has 1 amide bonds. The summed E-state index contributed by atoms with van der Waals surface area (Å²) in [6.07, 6.45) is 3.54. The highest BCUT2D eigenvalue weighted by atomic mass is 32.1. The van der Waals surface area contributed by atoms with Crippen molar-refractivity contribution in [2.24, 2.45) is 12.1 Å². The summed E-state index contributed by atoms with van der Waals surface area (Å²) >= 11 is 1.39. The van der Waals surface area contributed by atoms with E-state index in [0.717, 1.165) is 5.69 Å². The van der Waals surface area contributed by atoms with Gasteiger partial charge in [0.1, 0.15) is 0 Å². The molecule has 1 N–H and O–H groups in total. The monoisotopic (exact) mass is 233 g/mol. The van der Waals surface area contributed by atoms with E-state index in [9.17, 15) is 4.79 Å². The number of nitrogens with zero attached hydrogens (tertiary/aromatic N) is 2. The van der Waals surface area contributed by atoms with Crippen LogP contribution >= 0.6 is 11.3 Å². The topological polar surface area (TPSA) is 46.4 Å². The second-order valence-electron chi connectivity index (χ2n) is 3.22. The van der Waals surface area contributed by atoms with Crippen molar-refractivity contribution < 1.29 is 4.79 Å². The van der Waals surface area contributed by atoms with Crippen molar-refractivity contribution in [3.63, 3.8) is 0 Å². The van der Waals surface area contributed by atoms with Crippen molar-refractivity contribution in [3.8, 4) is 0 Å². The zero-order valence-electron chi connectivity index (χ0n) is 8.75. The van der Waals surface area contributed by atoms with Gasteiger partial charge in [-0.15, -0.1) is 11.3 Å². The maximum absolute atomic E-state index is 11.5.